The summed E-state index contributed by atoms with van der Waals surface area (Å²) in [6.07, 6.45) is 2.61. The van der Waals surface area contributed by atoms with E-state index in [-0.39, 0.29) is 17.9 Å². The summed E-state index contributed by atoms with van der Waals surface area (Å²) in [6, 6.07) is 13.6. The van der Waals surface area contributed by atoms with Crippen molar-refractivity contribution < 1.29 is 13.9 Å². The van der Waals surface area contributed by atoms with Crippen molar-refractivity contribution in [3.8, 4) is 17.3 Å². The highest BCUT2D eigenvalue weighted by atomic mass is 32.1. The number of aromatic nitrogens is 4. The zero-order chi connectivity index (χ0) is 25.2. The van der Waals surface area contributed by atoms with Crippen molar-refractivity contribution in [2.45, 2.75) is 52.0 Å². The molecule has 1 amide bonds. The van der Waals surface area contributed by atoms with Crippen molar-refractivity contribution >= 4 is 17.2 Å². The number of carbonyl (C=O) groups excluding carboxylic acids is 1. The summed E-state index contributed by atoms with van der Waals surface area (Å²) in [5.74, 6) is 1.11. The quantitative estimate of drug-likeness (QED) is 0.327. The summed E-state index contributed by atoms with van der Waals surface area (Å²) < 4.78 is 11.4. The third kappa shape index (κ3) is 4.88. The number of carbonyl (C=O) groups is 1. The second-order valence-corrected chi connectivity index (χ2v) is 10.4. The Morgan fingerprint density at radius 3 is 2.72 bits per heavy atom. The second kappa shape index (κ2) is 10.2. The number of likely N-dealkylation sites (tertiary alicyclic amines) is 1. The van der Waals surface area contributed by atoms with Crippen LogP contribution in [0.2, 0.25) is 0 Å². The van der Waals surface area contributed by atoms with Gasteiger partial charge < -0.3 is 14.1 Å². The van der Waals surface area contributed by atoms with E-state index < -0.39 is 0 Å². The largest absolute Gasteiger partial charge is 0.481 e. The van der Waals surface area contributed by atoms with Gasteiger partial charge >= 0.3 is 0 Å². The summed E-state index contributed by atoms with van der Waals surface area (Å²) >= 11 is 1.66. The predicted molar refractivity (Wildman–Crippen MR) is 137 cm³/mol. The minimum absolute atomic E-state index is 0.0415. The third-order valence-corrected chi connectivity index (χ3v) is 7.74. The van der Waals surface area contributed by atoms with E-state index in [1.807, 2.05) is 30.0 Å². The first-order valence-electron chi connectivity index (χ1n) is 12.1. The molecule has 4 heterocycles. The molecule has 2 atom stereocenters. The molecule has 4 aromatic rings. The number of aryl methyl sites for hydroxylation is 2. The first-order valence-corrected chi connectivity index (χ1v) is 12.9. The molecule has 1 aromatic carbocycles. The Balaban J connectivity index is 1.40. The molecule has 0 radical (unpaired) electrons. The standard InChI is InChI=1S/C27H29N5O3S/c1-16(13-19-9-6-5-7-10-19)24-30-31-25(35-24)20-14-21(29-23(15-20)34-4)27(33)32-12-8-11-22(32)26-28-17(2)18(3)36-26/h5-7,9-10,14-16,22H,8,11-13H2,1-4H3/t16?,22-/m1/s1. The van der Waals surface area contributed by atoms with Gasteiger partial charge in [-0.05, 0) is 44.7 Å². The molecule has 1 aliphatic rings. The number of thiazole rings is 1. The van der Waals surface area contributed by atoms with Crippen LogP contribution in [0.4, 0.5) is 0 Å². The minimum atomic E-state index is -0.152. The van der Waals surface area contributed by atoms with Crippen LogP contribution in [0, 0.1) is 13.8 Å². The number of hydrogen-bond acceptors (Lipinski definition) is 8. The van der Waals surface area contributed by atoms with Crippen LogP contribution >= 0.6 is 11.3 Å². The molecule has 1 unspecified atom stereocenters. The topological polar surface area (TPSA) is 94.2 Å². The fourth-order valence-corrected chi connectivity index (χ4v) is 5.57. The van der Waals surface area contributed by atoms with Gasteiger partial charge in [-0.15, -0.1) is 21.5 Å². The average Bonchev–Trinajstić information content (AvgIpc) is 3.64. The van der Waals surface area contributed by atoms with Crippen molar-refractivity contribution in [2.75, 3.05) is 13.7 Å². The highest BCUT2D eigenvalue weighted by Gasteiger charge is 2.34. The molecular formula is C27H29N5O3S. The van der Waals surface area contributed by atoms with Gasteiger partial charge in [-0.25, -0.2) is 9.97 Å². The fourth-order valence-electron chi connectivity index (χ4n) is 4.50. The first kappa shape index (κ1) is 24.1. The van der Waals surface area contributed by atoms with Crippen molar-refractivity contribution in [2.24, 2.45) is 0 Å². The second-order valence-electron chi connectivity index (χ2n) is 9.17. The van der Waals surface area contributed by atoms with Gasteiger partial charge in [0.25, 0.3) is 5.91 Å². The van der Waals surface area contributed by atoms with Gasteiger partial charge in [-0.2, -0.15) is 0 Å². The van der Waals surface area contributed by atoms with Crippen LogP contribution in [0.25, 0.3) is 11.5 Å². The van der Waals surface area contributed by atoms with Crippen LogP contribution in [-0.4, -0.2) is 44.6 Å². The van der Waals surface area contributed by atoms with E-state index in [1.54, 1.807) is 23.5 Å². The maximum absolute atomic E-state index is 13.6. The molecular weight excluding hydrogens is 474 g/mol. The molecule has 3 aromatic heterocycles. The first-order chi connectivity index (χ1) is 17.4. The van der Waals surface area contributed by atoms with Gasteiger partial charge in [0.05, 0.1) is 18.8 Å². The summed E-state index contributed by atoms with van der Waals surface area (Å²) in [6.45, 7) is 6.79. The Bertz CT molecular complexity index is 1350. The SMILES string of the molecule is COc1cc(-c2nnc(C(C)Cc3ccccc3)o2)cc(C(=O)N2CCC[C@@H]2c2nc(C)c(C)s2)n1. The summed E-state index contributed by atoms with van der Waals surface area (Å²) in [5.41, 5.74) is 3.12. The Kier molecular flexibility index (Phi) is 6.82. The Morgan fingerprint density at radius 2 is 2.00 bits per heavy atom. The van der Waals surface area contributed by atoms with Crippen LogP contribution in [0.3, 0.4) is 0 Å². The third-order valence-electron chi connectivity index (χ3n) is 6.57. The van der Waals surface area contributed by atoms with E-state index in [0.717, 1.165) is 30.0 Å². The van der Waals surface area contributed by atoms with Gasteiger partial charge in [0.1, 0.15) is 10.7 Å². The van der Waals surface area contributed by atoms with E-state index in [1.165, 1.54) is 17.6 Å². The molecule has 1 saturated heterocycles. The van der Waals surface area contributed by atoms with Gasteiger partial charge in [0, 0.05) is 29.0 Å². The number of ether oxygens (including phenoxy) is 1. The molecule has 36 heavy (non-hydrogen) atoms. The Hall–Kier alpha value is -3.59. The van der Waals surface area contributed by atoms with E-state index in [4.69, 9.17) is 14.1 Å². The lowest BCUT2D eigenvalue weighted by Gasteiger charge is -2.23. The molecule has 0 bridgehead atoms. The average molecular weight is 504 g/mol. The lowest BCUT2D eigenvalue weighted by Crippen LogP contribution is -2.31. The summed E-state index contributed by atoms with van der Waals surface area (Å²) in [5, 5.41) is 9.52. The minimum Gasteiger partial charge on any atom is -0.481 e. The highest BCUT2D eigenvalue weighted by Crippen LogP contribution is 2.36. The summed E-state index contributed by atoms with van der Waals surface area (Å²) in [4.78, 5) is 25.8. The smallest absolute Gasteiger partial charge is 0.273 e. The van der Waals surface area contributed by atoms with Crippen molar-refractivity contribution in [3.05, 3.63) is 75.2 Å². The highest BCUT2D eigenvalue weighted by molar-refractivity contribution is 7.11. The predicted octanol–water partition coefficient (Wildman–Crippen LogP) is 5.54. The number of rotatable bonds is 7. The number of pyridine rings is 1. The van der Waals surface area contributed by atoms with Crippen LogP contribution in [0.5, 0.6) is 5.88 Å². The zero-order valence-electron chi connectivity index (χ0n) is 20.9. The fraction of sp³-hybridized carbons (Fsp3) is 0.370. The lowest BCUT2D eigenvalue weighted by molar-refractivity contribution is 0.0728. The van der Waals surface area contributed by atoms with E-state index in [0.29, 0.717) is 35.5 Å². The Labute approximate surface area is 214 Å². The van der Waals surface area contributed by atoms with Crippen LogP contribution < -0.4 is 4.74 Å². The summed E-state index contributed by atoms with van der Waals surface area (Å²) in [7, 11) is 1.53. The van der Waals surface area contributed by atoms with Crippen LogP contribution in [0.15, 0.2) is 46.9 Å². The number of benzene rings is 1. The van der Waals surface area contributed by atoms with Gasteiger partial charge in [0.2, 0.25) is 17.7 Å². The van der Waals surface area contributed by atoms with Crippen molar-refractivity contribution in [1.82, 2.24) is 25.1 Å². The number of amides is 1. The lowest BCUT2D eigenvalue weighted by atomic mass is 10.0. The number of methoxy groups -OCH3 is 1. The van der Waals surface area contributed by atoms with Gasteiger partial charge in [-0.1, -0.05) is 37.3 Å². The molecule has 5 rings (SSSR count). The number of hydrogen-bond donors (Lipinski definition) is 0. The van der Waals surface area contributed by atoms with E-state index in [9.17, 15) is 4.79 Å². The number of nitrogens with zero attached hydrogens (tertiary/aromatic N) is 5. The molecule has 9 heteroatoms. The maximum Gasteiger partial charge on any atom is 0.273 e. The van der Waals surface area contributed by atoms with Crippen molar-refractivity contribution in [3.63, 3.8) is 0 Å². The van der Waals surface area contributed by atoms with E-state index >= 15 is 0 Å². The van der Waals surface area contributed by atoms with Gasteiger partial charge in [0.15, 0.2) is 0 Å². The van der Waals surface area contributed by atoms with Crippen molar-refractivity contribution in [1.29, 1.82) is 0 Å². The molecule has 0 N–H and O–H groups in total. The Morgan fingerprint density at radius 1 is 1.19 bits per heavy atom. The molecule has 0 aliphatic carbocycles. The molecule has 8 nitrogen and oxygen atoms in total. The van der Waals surface area contributed by atoms with Crippen LogP contribution in [0.1, 0.15) is 69.2 Å². The molecule has 1 fully saturated rings. The maximum atomic E-state index is 13.6. The van der Waals surface area contributed by atoms with Crippen LogP contribution in [-0.2, 0) is 6.42 Å². The van der Waals surface area contributed by atoms with Gasteiger partial charge in [-0.3, -0.25) is 4.79 Å². The monoisotopic (exact) mass is 503 g/mol. The molecule has 0 saturated carbocycles. The zero-order valence-corrected chi connectivity index (χ0v) is 21.7. The molecule has 1 aliphatic heterocycles. The molecule has 186 valence electrons. The normalized spacial score (nSPS) is 16.3. The van der Waals surface area contributed by atoms with E-state index in [2.05, 4.69) is 41.2 Å². The molecule has 0 spiro atoms.